The van der Waals surface area contributed by atoms with Crippen molar-refractivity contribution in [1.29, 1.82) is 0 Å². The van der Waals surface area contributed by atoms with E-state index < -0.39 is 11.7 Å². The van der Waals surface area contributed by atoms with Gasteiger partial charge in [-0.1, -0.05) is 24.3 Å². The highest BCUT2D eigenvalue weighted by atomic mass is 35.5. The van der Waals surface area contributed by atoms with Gasteiger partial charge in [0, 0.05) is 18.4 Å². The molecule has 0 unspecified atom stereocenters. The maximum Gasteiger partial charge on any atom is 0.416 e. The monoisotopic (exact) mass is 435 g/mol. The Balaban J connectivity index is 1.63. The molecule has 0 aliphatic rings. The van der Waals surface area contributed by atoms with Crippen molar-refractivity contribution >= 4 is 23.8 Å². The number of aryl methyl sites for hydroxylation is 1. The Labute approximate surface area is 178 Å². The smallest absolute Gasteiger partial charge is 0.416 e. The molecule has 0 bridgehead atoms. The topological polar surface area (TPSA) is 35.3 Å². The van der Waals surface area contributed by atoms with Crippen LogP contribution in [-0.2, 0) is 12.6 Å². The average molecular weight is 436 g/mol. The molecule has 0 saturated carbocycles. The number of halogens is 4. The Hall–Kier alpha value is -2.73. The summed E-state index contributed by atoms with van der Waals surface area (Å²) in [4.78, 5) is 4.38. The molecule has 7 heteroatoms. The van der Waals surface area contributed by atoms with Crippen LogP contribution in [0.4, 0.5) is 13.2 Å². The number of benzene rings is 2. The number of alkyl halides is 4. The first-order valence-corrected chi connectivity index (χ1v) is 9.98. The van der Waals surface area contributed by atoms with Crippen molar-refractivity contribution in [3.05, 3.63) is 82.6 Å². The largest absolute Gasteiger partial charge is 0.494 e. The van der Waals surface area contributed by atoms with Crippen molar-refractivity contribution in [3.8, 4) is 5.75 Å². The average Bonchev–Trinajstić information content (AvgIpc) is 3.07. The van der Waals surface area contributed by atoms with Crippen LogP contribution in [0.2, 0.25) is 0 Å². The van der Waals surface area contributed by atoms with E-state index in [1.807, 2.05) is 31.2 Å². The Morgan fingerprint density at radius 1 is 1.03 bits per heavy atom. The lowest BCUT2D eigenvalue weighted by molar-refractivity contribution is -0.137. The van der Waals surface area contributed by atoms with Crippen LogP contribution in [0.5, 0.6) is 5.75 Å². The van der Waals surface area contributed by atoms with Crippen LogP contribution < -0.4 is 4.74 Å². The summed E-state index contributed by atoms with van der Waals surface area (Å²) < 4.78 is 49.3. The fourth-order valence-corrected chi connectivity index (χ4v) is 2.88. The lowest BCUT2D eigenvalue weighted by atomic mass is 10.1. The van der Waals surface area contributed by atoms with E-state index in [1.165, 1.54) is 12.1 Å². The molecule has 158 valence electrons. The molecule has 1 heterocycles. The summed E-state index contributed by atoms with van der Waals surface area (Å²) in [6.45, 7) is 2.44. The van der Waals surface area contributed by atoms with Crippen LogP contribution >= 0.6 is 11.6 Å². The van der Waals surface area contributed by atoms with Gasteiger partial charge in [0.1, 0.15) is 11.5 Å². The summed E-state index contributed by atoms with van der Waals surface area (Å²) in [6, 6.07) is 12.7. The molecule has 0 aliphatic heterocycles. The number of nitrogens with zero attached hydrogens (tertiary/aromatic N) is 1. The van der Waals surface area contributed by atoms with Gasteiger partial charge in [0.05, 0.1) is 17.9 Å². The van der Waals surface area contributed by atoms with E-state index in [0.29, 0.717) is 30.4 Å². The molecular weight excluding hydrogens is 415 g/mol. The minimum atomic E-state index is -4.34. The number of hydrogen-bond donors (Lipinski definition) is 0. The Morgan fingerprint density at radius 2 is 1.73 bits per heavy atom. The highest BCUT2D eigenvalue weighted by molar-refractivity contribution is 6.17. The third kappa shape index (κ3) is 6.13. The first-order chi connectivity index (χ1) is 14.3. The molecule has 0 fully saturated rings. The molecule has 3 nitrogen and oxygen atoms in total. The van der Waals surface area contributed by atoms with Gasteiger partial charge < -0.3 is 9.15 Å². The van der Waals surface area contributed by atoms with Crippen molar-refractivity contribution in [3.63, 3.8) is 0 Å². The second kappa shape index (κ2) is 9.85. The maximum atomic E-state index is 12.6. The first-order valence-electron chi connectivity index (χ1n) is 9.44. The SMILES string of the molecule is Cc1nc(/C=C/c2ccc(C(F)(F)F)cc2)oc1Cc1ccc(OCCCCl)cc1. The van der Waals surface area contributed by atoms with E-state index in [-0.39, 0.29) is 0 Å². The molecule has 3 rings (SSSR count). The maximum absolute atomic E-state index is 12.6. The summed E-state index contributed by atoms with van der Waals surface area (Å²) in [6.07, 6.45) is 0.346. The fraction of sp³-hybridized carbons (Fsp3) is 0.261. The molecule has 30 heavy (non-hydrogen) atoms. The standard InChI is InChI=1S/C23H21ClF3NO2/c1-16-21(15-18-5-10-20(11-6-18)29-14-2-13-24)30-22(28-16)12-7-17-3-8-19(9-4-17)23(25,26)27/h3-12H,2,13-15H2,1H3/b12-7+. The number of rotatable bonds is 8. The van der Waals surface area contributed by atoms with Crippen molar-refractivity contribution in [2.75, 3.05) is 12.5 Å². The zero-order chi connectivity index (χ0) is 21.6. The van der Waals surface area contributed by atoms with Gasteiger partial charge in [-0.25, -0.2) is 4.98 Å². The highest BCUT2D eigenvalue weighted by Crippen LogP contribution is 2.29. The summed E-state index contributed by atoms with van der Waals surface area (Å²) in [5.74, 6) is 2.50. The molecule has 0 spiro atoms. The number of aromatic nitrogens is 1. The van der Waals surface area contributed by atoms with Crippen LogP contribution in [-0.4, -0.2) is 17.5 Å². The third-order valence-electron chi connectivity index (χ3n) is 4.40. The van der Waals surface area contributed by atoms with Crippen LogP contribution in [0.15, 0.2) is 52.9 Å². The Kier molecular flexibility index (Phi) is 7.21. The number of hydrogen-bond acceptors (Lipinski definition) is 3. The van der Waals surface area contributed by atoms with E-state index >= 15 is 0 Å². The van der Waals surface area contributed by atoms with Gasteiger partial charge in [0.15, 0.2) is 0 Å². The Bertz CT molecular complexity index is 977. The van der Waals surface area contributed by atoms with Gasteiger partial charge in [-0.05, 0) is 54.8 Å². The molecule has 0 radical (unpaired) electrons. The van der Waals surface area contributed by atoms with Crippen molar-refractivity contribution < 1.29 is 22.3 Å². The number of ether oxygens (including phenoxy) is 1. The minimum Gasteiger partial charge on any atom is -0.494 e. The summed E-state index contributed by atoms with van der Waals surface area (Å²) in [5, 5.41) is 0. The Morgan fingerprint density at radius 3 is 2.37 bits per heavy atom. The van der Waals surface area contributed by atoms with E-state index in [2.05, 4.69) is 4.98 Å². The molecule has 2 aromatic carbocycles. The van der Waals surface area contributed by atoms with Crippen molar-refractivity contribution in [2.45, 2.75) is 25.9 Å². The zero-order valence-electron chi connectivity index (χ0n) is 16.4. The predicted molar refractivity (Wildman–Crippen MR) is 112 cm³/mol. The first kappa shape index (κ1) is 22.0. The summed E-state index contributed by atoms with van der Waals surface area (Å²) in [7, 11) is 0. The van der Waals surface area contributed by atoms with Crippen molar-refractivity contribution in [2.24, 2.45) is 0 Å². The van der Waals surface area contributed by atoms with Gasteiger partial charge in [0.2, 0.25) is 5.89 Å². The molecular formula is C23H21ClF3NO2. The summed E-state index contributed by atoms with van der Waals surface area (Å²) >= 11 is 5.64. The highest BCUT2D eigenvalue weighted by Gasteiger charge is 2.29. The van der Waals surface area contributed by atoms with Crippen molar-refractivity contribution in [1.82, 2.24) is 4.98 Å². The number of oxazole rings is 1. The van der Waals surface area contributed by atoms with E-state index in [9.17, 15) is 13.2 Å². The fourth-order valence-electron chi connectivity index (χ4n) is 2.77. The molecule has 0 atom stereocenters. The van der Waals surface area contributed by atoms with Gasteiger partial charge in [0.25, 0.3) is 0 Å². The van der Waals surface area contributed by atoms with Crippen LogP contribution in [0.25, 0.3) is 12.2 Å². The van der Waals surface area contributed by atoms with Crippen LogP contribution in [0.3, 0.4) is 0 Å². The lowest BCUT2D eigenvalue weighted by Gasteiger charge is -2.06. The third-order valence-corrected chi connectivity index (χ3v) is 4.67. The molecule has 0 N–H and O–H groups in total. The van der Waals surface area contributed by atoms with Gasteiger partial charge in [-0.15, -0.1) is 11.6 Å². The van der Waals surface area contributed by atoms with Crippen LogP contribution in [0, 0.1) is 6.92 Å². The summed E-state index contributed by atoms with van der Waals surface area (Å²) in [5.41, 5.74) is 1.77. The second-order valence-corrected chi connectivity index (χ2v) is 7.10. The van der Waals surface area contributed by atoms with E-state index in [0.717, 1.165) is 41.3 Å². The van der Waals surface area contributed by atoms with Gasteiger partial charge in [-0.3, -0.25) is 0 Å². The second-order valence-electron chi connectivity index (χ2n) is 6.73. The quantitative estimate of drug-likeness (QED) is 0.289. The zero-order valence-corrected chi connectivity index (χ0v) is 17.1. The lowest BCUT2D eigenvalue weighted by Crippen LogP contribution is -2.03. The van der Waals surface area contributed by atoms with E-state index in [1.54, 1.807) is 12.2 Å². The minimum absolute atomic E-state index is 0.406. The molecule has 0 saturated heterocycles. The van der Waals surface area contributed by atoms with E-state index in [4.69, 9.17) is 20.8 Å². The van der Waals surface area contributed by atoms with Gasteiger partial charge in [-0.2, -0.15) is 13.2 Å². The normalized spacial score (nSPS) is 11.9. The molecule has 0 aliphatic carbocycles. The van der Waals surface area contributed by atoms with Gasteiger partial charge >= 0.3 is 6.18 Å². The molecule has 0 amide bonds. The molecule has 3 aromatic rings. The molecule has 1 aromatic heterocycles. The predicted octanol–water partition coefficient (Wildman–Crippen LogP) is 6.77. The van der Waals surface area contributed by atoms with Crippen LogP contribution in [0.1, 0.15) is 40.5 Å².